The molecule has 2 aromatic rings. The molecule has 2 rings (SSSR count). The zero-order valence-electron chi connectivity index (χ0n) is 9.30. The molecule has 0 heterocycles. The van der Waals surface area contributed by atoms with Crippen LogP contribution >= 0.6 is 27.5 Å². The third-order valence-corrected chi connectivity index (χ3v) is 3.21. The maximum Gasteiger partial charge on any atom is 0.0619 e. The number of hydrogen-bond acceptors (Lipinski definition) is 2. The molecular weight excluding hydrogens is 300 g/mol. The minimum Gasteiger partial charge on any atom is -0.397 e. The summed E-state index contributed by atoms with van der Waals surface area (Å²) in [7, 11) is 0. The van der Waals surface area contributed by atoms with Gasteiger partial charge in [0.15, 0.2) is 0 Å². The molecule has 0 aliphatic carbocycles. The van der Waals surface area contributed by atoms with Crippen LogP contribution in [0.4, 0.5) is 17.1 Å². The average Bonchev–Trinajstić information content (AvgIpc) is 2.27. The van der Waals surface area contributed by atoms with Gasteiger partial charge in [-0.1, -0.05) is 33.6 Å². The van der Waals surface area contributed by atoms with Gasteiger partial charge in [0.2, 0.25) is 0 Å². The van der Waals surface area contributed by atoms with Crippen LogP contribution in [0.5, 0.6) is 0 Å². The number of rotatable bonds is 2. The van der Waals surface area contributed by atoms with E-state index in [1.54, 1.807) is 6.07 Å². The Kier molecular flexibility index (Phi) is 3.60. The van der Waals surface area contributed by atoms with Crippen molar-refractivity contribution in [3.63, 3.8) is 0 Å². The van der Waals surface area contributed by atoms with Gasteiger partial charge < -0.3 is 11.1 Å². The molecule has 4 heteroatoms. The van der Waals surface area contributed by atoms with E-state index >= 15 is 0 Å². The standard InChI is InChI=1S/C13H12BrClN2/c1-8-2-3-9(14)6-13(8)17-12-5-4-10(15)7-11(12)16/h2-7,17H,16H2,1H3. The van der Waals surface area contributed by atoms with Crippen molar-refractivity contribution in [3.05, 3.63) is 51.5 Å². The zero-order chi connectivity index (χ0) is 12.4. The number of anilines is 3. The summed E-state index contributed by atoms with van der Waals surface area (Å²) in [4.78, 5) is 0. The molecule has 88 valence electrons. The third-order valence-electron chi connectivity index (χ3n) is 2.48. The highest BCUT2D eigenvalue weighted by Crippen LogP contribution is 2.29. The average molecular weight is 312 g/mol. The Morgan fingerprint density at radius 1 is 1.12 bits per heavy atom. The van der Waals surface area contributed by atoms with Gasteiger partial charge in [-0.3, -0.25) is 0 Å². The van der Waals surface area contributed by atoms with Gasteiger partial charge >= 0.3 is 0 Å². The lowest BCUT2D eigenvalue weighted by atomic mass is 10.2. The van der Waals surface area contributed by atoms with Crippen LogP contribution in [0, 0.1) is 6.92 Å². The third kappa shape index (κ3) is 2.93. The monoisotopic (exact) mass is 310 g/mol. The van der Waals surface area contributed by atoms with Crippen LogP contribution in [0.15, 0.2) is 40.9 Å². The van der Waals surface area contributed by atoms with Crippen LogP contribution in [0.25, 0.3) is 0 Å². The molecule has 0 amide bonds. The maximum absolute atomic E-state index is 5.90. The predicted octanol–water partition coefficient (Wildman–Crippen LogP) is 4.74. The molecule has 0 spiro atoms. The fourth-order valence-corrected chi connectivity index (χ4v) is 2.06. The van der Waals surface area contributed by atoms with Crippen molar-refractivity contribution in [2.45, 2.75) is 6.92 Å². The molecule has 0 unspecified atom stereocenters. The van der Waals surface area contributed by atoms with Gasteiger partial charge in [-0.2, -0.15) is 0 Å². The lowest BCUT2D eigenvalue weighted by Gasteiger charge is -2.12. The lowest BCUT2D eigenvalue weighted by molar-refractivity contribution is 1.42. The van der Waals surface area contributed by atoms with Crippen molar-refractivity contribution in [1.29, 1.82) is 0 Å². The van der Waals surface area contributed by atoms with Crippen LogP contribution in [0.1, 0.15) is 5.56 Å². The number of nitrogen functional groups attached to an aromatic ring is 1. The quantitative estimate of drug-likeness (QED) is 0.786. The van der Waals surface area contributed by atoms with Crippen LogP contribution in [-0.4, -0.2) is 0 Å². The summed E-state index contributed by atoms with van der Waals surface area (Å²) in [6, 6.07) is 11.5. The number of hydrogen-bond donors (Lipinski definition) is 2. The number of nitrogens with two attached hydrogens (primary N) is 1. The normalized spacial score (nSPS) is 10.3. The summed E-state index contributed by atoms with van der Waals surface area (Å²) in [6.07, 6.45) is 0. The Morgan fingerprint density at radius 3 is 2.59 bits per heavy atom. The summed E-state index contributed by atoms with van der Waals surface area (Å²) >= 11 is 9.31. The van der Waals surface area contributed by atoms with Crippen molar-refractivity contribution >= 4 is 44.6 Å². The van der Waals surface area contributed by atoms with E-state index in [-0.39, 0.29) is 0 Å². The first-order chi connectivity index (χ1) is 8.06. The maximum atomic E-state index is 5.90. The molecule has 0 atom stereocenters. The first-order valence-electron chi connectivity index (χ1n) is 5.14. The van der Waals surface area contributed by atoms with Crippen LogP contribution < -0.4 is 11.1 Å². The van der Waals surface area contributed by atoms with Gasteiger partial charge in [-0.05, 0) is 42.8 Å². The fraction of sp³-hybridized carbons (Fsp3) is 0.0769. The van der Waals surface area contributed by atoms with E-state index in [0.717, 1.165) is 21.4 Å². The highest BCUT2D eigenvalue weighted by molar-refractivity contribution is 9.10. The number of nitrogens with one attached hydrogen (secondary N) is 1. The van der Waals surface area contributed by atoms with Crippen molar-refractivity contribution in [3.8, 4) is 0 Å². The van der Waals surface area contributed by atoms with E-state index in [1.807, 2.05) is 37.3 Å². The molecule has 0 aliphatic rings. The molecule has 2 aromatic carbocycles. The second kappa shape index (κ2) is 4.98. The van der Waals surface area contributed by atoms with Gasteiger partial charge in [0, 0.05) is 15.2 Å². The molecule has 0 fully saturated rings. The Balaban J connectivity index is 2.34. The van der Waals surface area contributed by atoms with Crippen LogP contribution in [-0.2, 0) is 0 Å². The van der Waals surface area contributed by atoms with E-state index < -0.39 is 0 Å². The van der Waals surface area contributed by atoms with E-state index in [1.165, 1.54) is 0 Å². The molecule has 0 bridgehead atoms. The molecule has 0 aromatic heterocycles. The van der Waals surface area contributed by atoms with E-state index in [0.29, 0.717) is 10.7 Å². The van der Waals surface area contributed by atoms with E-state index in [9.17, 15) is 0 Å². The summed E-state index contributed by atoms with van der Waals surface area (Å²) in [6.45, 7) is 2.04. The number of halogens is 2. The molecular formula is C13H12BrClN2. The molecule has 17 heavy (non-hydrogen) atoms. The second-order valence-corrected chi connectivity index (χ2v) is 5.17. The molecule has 2 nitrogen and oxygen atoms in total. The molecule has 0 saturated carbocycles. The summed E-state index contributed by atoms with van der Waals surface area (Å²) < 4.78 is 1.03. The minimum absolute atomic E-state index is 0.636. The minimum atomic E-state index is 0.636. The first kappa shape index (κ1) is 12.3. The van der Waals surface area contributed by atoms with Gasteiger partial charge in [0.1, 0.15) is 0 Å². The lowest BCUT2D eigenvalue weighted by Crippen LogP contribution is -1.97. The Bertz CT molecular complexity index is 555. The fourth-order valence-electron chi connectivity index (χ4n) is 1.52. The van der Waals surface area contributed by atoms with Gasteiger partial charge in [-0.15, -0.1) is 0 Å². The van der Waals surface area contributed by atoms with Crippen LogP contribution in [0.3, 0.4) is 0 Å². The summed E-state index contributed by atoms with van der Waals surface area (Å²) in [5.41, 5.74) is 9.57. The number of aryl methyl sites for hydroxylation is 1. The van der Waals surface area contributed by atoms with E-state index in [4.69, 9.17) is 17.3 Å². The van der Waals surface area contributed by atoms with Crippen molar-refractivity contribution in [1.82, 2.24) is 0 Å². The molecule has 3 N–H and O–H groups in total. The second-order valence-electron chi connectivity index (χ2n) is 3.82. The van der Waals surface area contributed by atoms with Crippen molar-refractivity contribution in [2.75, 3.05) is 11.1 Å². The molecule has 0 aliphatic heterocycles. The summed E-state index contributed by atoms with van der Waals surface area (Å²) in [5.74, 6) is 0. The first-order valence-corrected chi connectivity index (χ1v) is 6.31. The van der Waals surface area contributed by atoms with Gasteiger partial charge in [0.25, 0.3) is 0 Å². The smallest absolute Gasteiger partial charge is 0.0619 e. The largest absolute Gasteiger partial charge is 0.397 e. The predicted molar refractivity (Wildman–Crippen MR) is 78.0 cm³/mol. The van der Waals surface area contributed by atoms with E-state index in [2.05, 4.69) is 21.2 Å². The number of benzene rings is 2. The zero-order valence-corrected chi connectivity index (χ0v) is 11.6. The highest BCUT2D eigenvalue weighted by atomic mass is 79.9. The van der Waals surface area contributed by atoms with Crippen LogP contribution in [0.2, 0.25) is 5.02 Å². The topological polar surface area (TPSA) is 38.0 Å². The van der Waals surface area contributed by atoms with Gasteiger partial charge in [0.05, 0.1) is 11.4 Å². The molecule has 0 saturated heterocycles. The Hall–Kier alpha value is -1.19. The SMILES string of the molecule is Cc1ccc(Br)cc1Nc1ccc(Cl)cc1N. The summed E-state index contributed by atoms with van der Waals surface area (Å²) in [5, 5.41) is 3.93. The van der Waals surface area contributed by atoms with Gasteiger partial charge in [-0.25, -0.2) is 0 Å². The molecule has 0 radical (unpaired) electrons. The van der Waals surface area contributed by atoms with Crippen molar-refractivity contribution < 1.29 is 0 Å². The Morgan fingerprint density at radius 2 is 1.88 bits per heavy atom. The van der Waals surface area contributed by atoms with Crippen molar-refractivity contribution in [2.24, 2.45) is 0 Å². The Labute approximate surface area is 114 Å². The highest BCUT2D eigenvalue weighted by Gasteiger charge is 2.03.